The summed E-state index contributed by atoms with van der Waals surface area (Å²) in [4.78, 5) is 43.5. The molecule has 1 atom stereocenters. The lowest BCUT2D eigenvalue weighted by molar-refractivity contribution is -0.155. The number of benzene rings is 1. The van der Waals surface area contributed by atoms with E-state index in [2.05, 4.69) is 11.1 Å². The van der Waals surface area contributed by atoms with Crippen LogP contribution in [0.3, 0.4) is 0 Å². The number of aryl methyl sites for hydroxylation is 1. The Hall–Kier alpha value is -3.42. The van der Waals surface area contributed by atoms with Crippen LogP contribution in [0.1, 0.15) is 80.4 Å². The van der Waals surface area contributed by atoms with Gasteiger partial charge in [-0.3, -0.25) is 14.4 Å². The minimum Gasteiger partial charge on any atom is -0.460 e. The van der Waals surface area contributed by atoms with Gasteiger partial charge in [0.05, 0.1) is 0 Å². The molecule has 1 unspecified atom stereocenters. The van der Waals surface area contributed by atoms with Crippen molar-refractivity contribution in [2.45, 2.75) is 78.0 Å². The molecule has 1 aromatic carbocycles. The lowest BCUT2D eigenvalue weighted by Gasteiger charge is -2.25. The maximum absolute atomic E-state index is 13.1. The molecule has 8 nitrogen and oxygen atoms in total. The molecule has 2 heterocycles. The van der Waals surface area contributed by atoms with Gasteiger partial charge in [0.25, 0.3) is 5.91 Å². The fraction of sp³-hybridized carbons (Fsp3) is 0.462. The van der Waals surface area contributed by atoms with E-state index in [0.29, 0.717) is 11.5 Å². The van der Waals surface area contributed by atoms with Crippen LogP contribution in [0.4, 0.5) is 0 Å². The van der Waals surface area contributed by atoms with Crippen LogP contribution < -0.4 is 5.73 Å². The molecule has 0 saturated carbocycles. The number of carbonyl (C=O) groups excluding carboxylic acids is 3. The van der Waals surface area contributed by atoms with Gasteiger partial charge in [-0.05, 0) is 69.7 Å². The highest BCUT2D eigenvalue weighted by Gasteiger charge is 2.36. The summed E-state index contributed by atoms with van der Waals surface area (Å²) in [6, 6.07) is 4.64. The summed E-state index contributed by atoms with van der Waals surface area (Å²) in [6.07, 6.45) is 5.37. The predicted octanol–water partition coefficient (Wildman–Crippen LogP) is 4.15. The zero-order valence-corrected chi connectivity index (χ0v) is 20.1. The molecule has 0 fully saturated rings. The normalized spacial score (nSPS) is 16.4. The Morgan fingerprint density at radius 3 is 2.71 bits per heavy atom. The molecule has 1 aliphatic heterocycles. The lowest BCUT2D eigenvalue weighted by Crippen LogP contribution is -2.45. The summed E-state index contributed by atoms with van der Waals surface area (Å²) in [6.45, 7) is 7.39. The van der Waals surface area contributed by atoms with Gasteiger partial charge in [0.15, 0.2) is 11.7 Å². The molecule has 2 amide bonds. The number of aromatic nitrogens is 1. The monoisotopic (exact) mass is 465 g/mol. The molecule has 8 heteroatoms. The molecule has 1 aliphatic carbocycles. The quantitative estimate of drug-likeness (QED) is 0.614. The Kier molecular flexibility index (Phi) is 6.34. The zero-order chi connectivity index (χ0) is 24.6. The molecule has 180 valence electrons. The summed E-state index contributed by atoms with van der Waals surface area (Å²) in [5.41, 5.74) is 9.09. The average Bonchev–Trinajstić information content (AvgIpc) is 3.46. The molecule has 0 saturated heterocycles. The summed E-state index contributed by atoms with van der Waals surface area (Å²) in [5.74, 6) is 0.0212. The molecule has 2 aliphatic rings. The third-order valence-corrected chi connectivity index (χ3v) is 6.02. The fourth-order valence-electron chi connectivity index (χ4n) is 4.56. The second-order valence-corrected chi connectivity index (χ2v) is 9.88. The number of rotatable bonds is 7. The minimum absolute atomic E-state index is 0.00700. The van der Waals surface area contributed by atoms with E-state index in [0.717, 1.165) is 47.4 Å². The number of esters is 1. The molecule has 0 spiro atoms. The van der Waals surface area contributed by atoms with Crippen molar-refractivity contribution in [2.75, 3.05) is 0 Å². The van der Waals surface area contributed by atoms with Gasteiger partial charge in [0, 0.05) is 31.0 Å². The van der Waals surface area contributed by atoms with E-state index in [9.17, 15) is 14.4 Å². The standard InChI is InChI=1S/C26H31N3O5/c1-15-28-22(23(33-15)16-7-5-6-8-16)17-9-10-19-18(13-17)14-29(25(19)32)20(24(27)31)11-12-21(30)34-26(2,3)4/h7,9-10,13,20H,5-6,8,11-12,14H2,1-4H3,(H2,27,31). The van der Waals surface area contributed by atoms with Crippen LogP contribution in [0.15, 0.2) is 28.7 Å². The molecule has 2 aromatic rings. The number of oxazole rings is 1. The van der Waals surface area contributed by atoms with Crippen LogP contribution in [0.5, 0.6) is 0 Å². The first-order chi connectivity index (χ1) is 16.0. The topological polar surface area (TPSA) is 116 Å². The van der Waals surface area contributed by atoms with E-state index < -0.39 is 23.5 Å². The van der Waals surface area contributed by atoms with E-state index in [4.69, 9.17) is 14.9 Å². The summed E-state index contributed by atoms with van der Waals surface area (Å²) in [7, 11) is 0. The van der Waals surface area contributed by atoms with Gasteiger partial charge in [0.2, 0.25) is 5.91 Å². The van der Waals surface area contributed by atoms with Crippen LogP contribution in [0.2, 0.25) is 0 Å². The Morgan fingerprint density at radius 2 is 2.06 bits per heavy atom. The number of carbonyl (C=O) groups is 3. The number of nitrogens with zero attached hydrogens (tertiary/aromatic N) is 2. The molecule has 2 N–H and O–H groups in total. The molecular formula is C26H31N3O5. The first kappa shape index (κ1) is 23.7. The van der Waals surface area contributed by atoms with Gasteiger partial charge < -0.3 is 19.8 Å². The van der Waals surface area contributed by atoms with Crippen LogP contribution in [0.25, 0.3) is 16.8 Å². The molecule has 4 rings (SSSR count). The number of allylic oxidation sites excluding steroid dienone is 2. The first-order valence-corrected chi connectivity index (χ1v) is 11.7. The number of amides is 2. The number of fused-ring (bicyclic) bond motifs is 1. The average molecular weight is 466 g/mol. The summed E-state index contributed by atoms with van der Waals surface area (Å²) < 4.78 is 11.2. The fourth-order valence-corrected chi connectivity index (χ4v) is 4.56. The Morgan fingerprint density at radius 1 is 1.29 bits per heavy atom. The highest BCUT2D eigenvalue weighted by atomic mass is 16.6. The molecule has 34 heavy (non-hydrogen) atoms. The maximum atomic E-state index is 13.1. The van der Waals surface area contributed by atoms with Gasteiger partial charge in [-0.2, -0.15) is 0 Å². The third-order valence-electron chi connectivity index (χ3n) is 6.02. The third kappa shape index (κ3) is 4.90. The van der Waals surface area contributed by atoms with E-state index in [1.165, 1.54) is 4.90 Å². The molecule has 0 bridgehead atoms. The summed E-state index contributed by atoms with van der Waals surface area (Å²) >= 11 is 0. The number of ether oxygens (including phenoxy) is 1. The van der Waals surface area contributed by atoms with Crippen LogP contribution in [-0.2, 0) is 20.9 Å². The van der Waals surface area contributed by atoms with Crippen LogP contribution >= 0.6 is 0 Å². The van der Waals surface area contributed by atoms with Gasteiger partial charge in [-0.15, -0.1) is 0 Å². The zero-order valence-electron chi connectivity index (χ0n) is 20.1. The number of hydrogen-bond acceptors (Lipinski definition) is 6. The Balaban J connectivity index is 1.55. The SMILES string of the molecule is Cc1nc(-c2ccc3c(c2)CN(C(CCC(=O)OC(C)(C)C)C(N)=O)C3=O)c(C2=CCCC2)o1. The van der Waals surface area contributed by atoms with Crippen molar-refractivity contribution in [3.63, 3.8) is 0 Å². The number of nitrogens with two attached hydrogens (primary N) is 1. The van der Waals surface area contributed by atoms with E-state index in [1.54, 1.807) is 26.8 Å². The highest BCUT2D eigenvalue weighted by Crippen LogP contribution is 2.37. The van der Waals surface area contributed by atoms with Crippen molar-refractivity contribution in [3.05, 3.63) is 47.1 Å². The Bertz CT molecular complexity index is 1170. The largest absolute Gasteiger partial charge is 0.460 e. The van der Waals surface area contributed by atoms with Crippen molar-refractivity contribution in [3.8, 4) is 11.3 Å². The van der Waals surface area contributed by atoms with Gasteiger partial charge in [0.1, 0.15) is 17.3 Å². The molecular weight excluding hydrogens is 434 g/mol. The maximum Gasteiger partial charge on any atom is 0.306 e. The molecule has 1 aromatic heterocycles. The molecule has 0 radical (unpaired) electrons. The van der Waals surface area contributed by atoms with Crippen molar-refractivity contribution in [2.24, 2.45) is 5.73 Å². The van der Waals surface area contributed by atoms with Crippen molar-refractivity contribution in [1.29, 1.82) is 0 Å². The Labute approximate surface area is 199 Å². The minimum atomic E-state index is -0.899. The first-order valence-electron chi connectivity index (χ1n) is 11.7. The van der Waals surface area contributed by atoms with Crippen molar-refractivity contribution in [1.82, 2.24) is 9.88 Å². The van der Waals surface area contributed by atoms with Crippen molar-refractivity contribution < 1.29 is 23.5 Å². The second kappa shape index (κ2) is 9.08. The number of primary amides is 1. The van der Waals surface area contributed by atoms with Gasteiger partial charge >= 0.3 is 5.97 Å². The lowest BCUT2D eigenvalue weighted by atomic mass is 10.0. The summed E-state index contributed by atoms with van der Waals surface area (Å²) in [5, 5.41) is 0. The van der Waals surface area contributed by atoms with E-state index in [-0.39, 0.29) is 25.3 Å². The van der Waals surface area contributed by atoms with Crippen LogP contribution in [0, 0.1) is 6.92 Å². The highest BCUT2D eigenvalue weighted by molar-refractivity contribution is 6.01. The van der Waals surface area contributed by atoms with Crippen LogP contribution in [-0.4, -0.2) is 39.3 Å². The van der Waals surface area contributed by atoms with Gasteiger partial charge in [-0.1, -0.05) is 12.1 Å². The van der Waals surface area contributed by atoms with Gasteiger partial charge in [-0.25, -0.2) is 4.98 Å². The smallest absolute Gasteiger partial charge is 0.306 e. The second-order valence-electron chi connectivity index (χ2n) is 9.88. The van der Waals surface area contributed by atoms with E-state index in [1.807, 2.05) is 19.1 Å². The number of hydrogen-bond donors (Lipinski definition) is 1. The van der Waals surface area contributed by atoms with Crippen molar-refractivity contribution >= 4 is 23.4 Å². The predicted molar refractivity (Wildman–Crippen MR) is 126 cm³/mol. The van der Waals surface area contributed by atoms with E-state index >= 15 is 0 Å².